The van der Waals surface area contributed by atoms with Crippen LogP contribution < -0.4 is 5.32 Å². The number of unbranched alkanes of at least 4 members (excludes halogenated alkanes) is 1. The Bertz CT molecular complexity index is 1030. The van der Waals surface area contributed by atoms with Crippen molar-refractivity contribution in [2.45, 2.75) is 71.0 Å². The molecule has 33 heavy (non-hydrogen) atoms. The highest BCUT2D eigenvalue weighted by Gasteiger charge is 2.37. The third-order valence-electron chi connectivity index (χ3n) is 6.00. The van der Waals surface area contributed by atoms with Crippen LogP contribution in [-0.2, 0) is 30.7 Å². The molecule has 0 fully saturated rings. The lowest BCUT2D eigenvalue weighted by atomic mass is 9.86. The molecular weight excluding hydrogens is 434 g/mol. The molecule has 2 aromatic carbocycles. The maximum absolute atomic E-state index is 12.4. The van der Waals surface area contributed by atoms with E-state index >= 15 is 0 Å². The van der Waals surface area contributed by atoms with Gasteiger partial charge in [0.15, 0.2) is 0 Å². The predicted octanol–water partition coefficient (Wildman–Crippen LogP) is 5.88. The Kier molecular flexibility index (Phi) is 9.10. The SMILES string of the molecule is CCCCc1nc(CN[C@@](CCC)(Cc2ccccc2)C(=O)O)cn1Cc1ccccc1Cl. The predicted molar refractivity (Wildman–Crippen MR) is 134 cm³/mol. The van der Waals surface area contributed by atoms with Gasteiger partial charge in [-0.3, -0.25) is 10.1 Å². The molecule has 0 spiro atoms. The first-order valence-electron chi connectivity index (χ1n) is 11.8. The van der Waals surface area contributed by atoms with E-state index in [9.17, 15) is 9.90 Å². The molecule has 0 saturated carbocycles. The van der Waals surface area contributed by atoms with E-state index in [1.54, 1.807) is 0 Å². The minimum atomic E-state index is -1.04. The number of benzene rings is 2. The Morgan fingerprint density at radius 3 is 2.48 bits per heavy atom. The van der Waals surface area contributed by atoms with Gasteiger partial charge in [0.2, 0.25) is 0 Å². The van der Waals surface area contributed by atoms with Gasteiger partial charge in [0.1, 0.15) is 11.4 Å². The number of carboxylic acid groups (broad SMARTS) is 1. The normalized spacial score (nSPS) is 13.1. The summed E-state index contributed by atoms with van der Waals surface area (Å²) in [5.41, 5.74) is 1.87. The Morgan fingerprint density at radius 1 is 1.09 bits per heavy atom. The standard InChI is InChI=1S/C27H34ClN3O2/c1-3-5-15-25-30-23(20-31(25)19-22-13-9-10-14-24(22)28)18-29-27(16-4-2,26(32)33)17-21-11-7-6-8-12-21/h6-14,20,29H,3-5,15-19H2,1-2H3,(H,32,33)/t27-/m0/s1. The van der Waals surface area contributed by atoms with Crippen molar-refractivity contribution in [3.05, 3.63) is 88.5 Å². The van der Waals surface area contributed by atoms with Crippen LogP contribution in [0, 0.1) is 0 Å². The van der Waals surface area contributed by atoms with E-state index in [0.29, 0.717) is 25.9 Å². The van der Waals surface area contributed by atoms with Crippen molar-refractivity contribution in [1.29, 1.82) is 0 Å². The number of aromatic nitrogens is 2. The molecule has 6 heteroatoms. The lowest BCUT2D eigenvalue weighted by Crippen LogP contribution is -2.53. The van der Waals surface area contributed by atoms with E-state index in [4.69, 9.17) is 16.6 Å². The summed E-state index contributed by atoms with van der Waals surface area (Å²) in [6.45, 7) is 5.23. The van der Waals surface area contributed by atoms with Crippen LogP contribution in [0.1, 0.15) is 62.2 Å². The van der Waals surface area contributed by atoms with Gasteiger partial charge in [-0.05, 0) is 30.0 Å². The summed E-state index contributed by atoms with van der Waals surface area (Å²) >= 11 is 6.39. The fraction of sp³-hybridized carbons (Fsp3) is 0.407. The summed E-state index contributed by atoms with van der Waals surface area (Å²) in [7, 11) is 0. The molecule has 2 N–H and O–H groups in total. The summed E-state index contributed by atoms with van der Waals surface area (Å²) < 4.78 is 2.15. The van der Waals surface area contributed by atoms with Crippen LogP contribution in [-0.4, -0.2) is 26.2 Å². The first-order chi connectivity index (χ1) is 16.0. The number of carbonyl (C=O) groups is 1. The second-order valence-electron chi connectivity index (χ2n) is 8.62. The van der Waals surface area contributed by atoms with E-state index in [-0.39, 0.29) is 0 Å². The summed E-state index contributed by atoms with van der Waals surface area (Å²) in [6.07, 6.45) is 6.79. The maximum atomic E-state index is 12.4. The van der Waals surface area contributed by atoms with Gasteiger partial charge in [-0.15, -0.1) is 0 Å². The largest absolute Gasteiger partial charge is 0.480 e. The fourth-order valence-electron chi connectivity index (χ4n) is 4.21. The van der Waals surface area contributed by atoms with Crippen molar-refractivity contribution >= 4 is 17.6 Å². The zero-order valence-electron chi connectivity index (χ0n) is 19.6. The molecule has 1 aromatic heterocycles. The Hall–Kier alpha value is -2.63. The van der Waals surface area contributed by atoms with Crippen LogP contribution in [0.5, 0.6) is 0 Å². The molecule has 176 valence electrons. The van der Waals surface area contributed by atoms with Crippen LogP contribution in [0.25, 0.3) is 0 Å². The van der Waals surface area contributed by atoms with Crippen LogP contribution in [0.15, 0.2) is 60.8 Å². The highest BCUT2D eigenvalue weighted by atomic mass is 35.5. The first-order valence-corrected chi connectivity index (χ1v) is 12.2. The van der Waals surface area contributed by atoms with Gasteiger partial charge in [0.25, 0.3) is 0 Å². The molecule has 1 heterocycles. The number of aliphatic carboxylic acids is 1. The number of imidazole rings is 1. The lowest BCUT2D eigenvalue weighted by Gasteiger charge is -2.30. The highest BCUT2D eigenvalue weighted by Crippen LogP contribution is 2.22. The van der Waals surface area contributed by atoms with Gasteiger partial charge < -0.3 is 9.67 Å². The van der Waals surface area contributed by atoms with E-state index < -0.39 is 11.5 Å². The molecule has 3 rings (SSSR count). The molecule has 0 aliphatic carbocycles. The quantitative estimate of drug-likeness (QED) is 0.329. The Balaban J connectivity index is 1.83. The van der Waals surface area contributed by atoms with E-state index in [1.807, 2.05) is 67.7 Å². The van der Waals surface area contributed by atoms with Gasteiger partial charge in [-0.2, -0.15) is 0 Å². The molecule has 0 aliphatic heterocycles. The average Bonchev–Trinajstić information content (AvgIpc) is 3.19. The van der Waals surface area contributed by atoms with E-state index in [0.717, 1.165) is 53.4 Å². The number of aryl methyl sites for hydroxylation is 1. The van der Waals surface area contributed by atoms with Crippen molar-refractivity contribution < 1.29 is 9.90 Å². The molecule has 0 saturated heterocycles. The second-order valence-corrected chi connectivity index (χ2v) is 9.03. The molecular formula is C27H34ClN3O2. The first kappa shape index (κ1) is 25.0. The van der Waals surface area contributed by atoms with E-state index in [1.165, 1.54) is 0 Å². The summed E-state index contributed by atoms with van der Waals surface area (Å²) in [4.78, 5) is 17.3. The Labute approximate surface area is 201 Å². The summed E-state index contributed by atoms with van der Waals surface area (Å²) in [5.74, 6) is 0.183. The molecule has 0 aliphatic rings. The zero-order valence-corrected chi connectivity index (χ0v) is 20.3. The number of rotatable bonds is 13. The minimum absolute atomic E-state index is 0.397. The van der Waals surface area contributed by atoms with Crippen molar-refractivity contribution in [1.82, 2.24) is 14.9 Å². The number of nitrogens with one attached hydrogen (secondary N) is 1. The van der Waals surface area contributed by atoms with Crippen LogP contribution in [0.2, 0.25) is 5.02 Å². The van der Waals surface area contributed by atoms with E-state index in [2.05, 4.69) is 16.8 Å². The summed E-state index contributed by atoms with van der Waals surface area (Å²) in [6, 6.07) is 17.7. The van der Waals surface area contributed by atoms with Crippen molar-refractivity contribution in [3.8, 4) is 0 Å². The highest BCUT2D eigenvalue weighted by molar-refractivity contribution is 6.31. The molecule has 3 aromatic rings. The number of carboxylic acids is 1. The van der Waals surface area contributed by atoms with Crippen LogP contribution >= 0.6 is 11.6 Å². The van der Waals surface area contributed by atoms with Crippen LogP contribution in [0.4, 0.5) is 0 Å². The average molecular weight is 468 g/mol. The molecule has 0 amide bonds. The molecule has 5 nitrogen and oxygen atoms in total. The van der Waals surface area contributed by atoms with Gasteiger partial charge in [-0.1, -0.05) is 86.8 Å². The van der Waals surface area contributed by atoms with Gasteiger partial charge >= 0.3 is 5.97 Å². The monoisotopic (exact) mass is 467 g/mol. The summed E-state index contributed by atoms with van der Waals surface area (Å²) in [5, 5.41) is 14.3. The number of hydrogen-bond donors (Lipinski definition) is 2. The molecule has 0 radical (unpaired) electrons. The molecule has 1 atom stereocenters. The lowest BCUT2D eigenvalue weighted by molar-refractivity contribution is -0.145. The second kappa shape index (κ2) is 12.0. The topological polar surface area (TPSA) is 67.2 Å². The zero-order chi connectivity index (χ0) is 23.7. The maximum Gasteiger partial charge on any atom is 0.324 e. The smallest absolute Gasteiger partial charge is 0.324 e. The number of hydrogen-bond acceptors (Lipinski definition) is 3. The molecule has 0 unspecified atom stereocenters. The molecule has 0 bridgehead atoms. The van der Waals surface area contributed by atoms with Gasteiger partial charge in [0, 0.05) is 30.6 Å². The van der Waals surface area contributed by atoms with Gasteiger partial charge in [0.05, 0.1) is 12.2 Å². The minimum Gasteiger partial charge on any atom is -0.480 e. The van der Waals surface area contributed by atoms with Crippen molar-refractivity contribution in [2.75, 3.05) is 0 Å². The number of halogens is 1. The third kappa shape index (κ3) is 6.68. The van der Waals surface area contributed by atoms with Gasteiger partial charge in [-0.25, -0.2) is 4.98 Å². The Morgan fingerprint density at radius 2 is 1.82 bits per heavy atom. The van der Waals surface area contributed by atoms with Crippen molar-refractivity contribution in [2.24, 2.45) is 0 Å². The van der Waals surface area contributed by atoms with Crippen LogP contribution in [0.3, 0.4) is 0 Å². The van der Waals surface area contributed by atoms with Crippen molar-refractivity contribution in [3.63, 3.8) is 0 Å². The number of nitrogens with zero attached hydrogens (tertiary/aromatic N) is 2. The third-order valence-corrected chi connectivity index (χ3v) is 6.37. The fourth-order valence-corrected chi connectivity index (χ4v) is 4.40.